The molecule has 0 aliphatic heterocycles. The standard InChI is InChI=1S/C36H62O7S.K/c1-2-3-4-5-6-7-8-9-10-11-12-13-14-15-16-17-18-19-20-21-22-25-30-42-35(37)33-28-23-24-29-34(33)36(38)43-31-26-27-32-44(39,40)41;/h23-24,28-29H,2-22,25-27,30-32H2,1H3,(H,39,40,41);/q;+1/p-1. The molecular formula is C36H61KO7S. The molecule has 0 saturated heterocycles. The predicted molar refractivity (Wildman–Crippen MR) is 178 cm³/mol. The molecule has 9 heteroatoms. The van der Waals surface area contributed by atoms with Crippen LogP contribution in [0, 0.1) is 0 Å². The fourth-order valence-electron chi connectivity index (χ4n) is 5.42. The first kappa shape index (κ1) is 44.7. The van der Waals surface area contributed by atoms with Crippen molar-refractivity contribution >= 4 is 22.1 Å². The van der Waals surface area contributed by atoms with E-state index < -0.39 is 27.8 Å². The van der Waals surface area contributed by atoms with Crippen LogP contribution < -0.4 is 51.4 Å². The molecule has 0 N–H and O–H groups in total. The van der Waals surface area contributed by atoms with Crippen molar-refractivity contribution in [3.63, 3.8) is 0 Å². The van der Waals surface area contributed by atoms with Gasteiger partial charge in [-0.25, -0.2) is 18.0 Å². The van der Waals surface area contributed by atoms with Gasteiger partial charge < -0.3 is 14.0 Å². The van der Waals surface area contributed by atoms with E-state index in [0.717, 1.165) is 19.3 Å². The van der Waals surface area contributed by atoms with Crippen LogP contribution in [0.2, 0.25) is 0 Å². The number of carbonyl (C=O) groups is 2. The van der Waals surface area contributed by atoms with Crippen molar-refractivity contribution < 1.29 is 83.4 Å². The van der Waals surface area contributed by atoms with Gasteiger partial charge in [0, 0.05) is 5.75 Å². The van der Waals surface area contributed by atoms with Crippen molar-refractivity contribution in [2.24, 2.45) is 0 Å². The number of esters is 2. The average molecular weight is 677 g/mol. The first-order valence-electron chi connectivity index (χ1n) is 17.7. The van der Waals surface area contributed by atoms with Gasteiger partial charge in [0.25, 0.3) is 0 Å². The van der Waals surface area contributed by atoms with Crippen LogP contribution in [0.25, 0.3) is 0 Å². The van der Waals surface area contributed by atoms with E-state index in [-0.39, 0.29) is 82.0 Å². The zero-order chi connectivity index (χ0) is 32.1. The van der Waals surface area contributed by atoms with E-state index in [1.807, 2.05) is 0 Å². The van der Waals surface area contributed by atoms with Crippen molar-refractivity contribution in [2.45, 2.75) is 161 Å². The molecule has 0 bridgehead atoms. The average Bonchev–Trinajstić information content (AvgIpc) is 3.00. The molecule has 0 heterocycles. The molecule has 7 nitrogen and oxygen atoms in total. The molecule has 0 saturated carbocycles. The van der Waals surface area contributed by atoms with Gasteiger partial charge >= 0.3 is 63.3 Å². The molecule has 0 aromatic heterocycles. The Labute approximate surface area is 317 Å². The van der Waals surface area contributed by atoms with Gasteiger partial charge in [-0.05, 0) is 31.4 Å². The smallest absolute Gasteiger partial charge is 0.748 e. The molecule has 1 aromatic rings. The van der Waals surface area contributed by atoms with E-state index in [2.05, 4.69) is 6.92 Å². The van der Waals surface area contributed by atoms with Gasteiger partial charge in [-0.1, -0.05) is 154 Å². The van der Waals surface area contributed by atoms with Gasteiger partial charge in [0.2, 0.25) is 0 Å². The van der Waals surface area contributed by atoms with Crippen LogP contribution in [0.1, 0.15) is 182 Å². The Hall–Kier alpha value is -0.294. The summed E-state index contributed by atoms with van der Waals surface area (Å²) in [5, 5.41) is 0. The third-order valence-electron chi connectivity index (χ3n) is 8.12. The number of benzene rings is 1. The van der Waals surface area contributed by atoms with Gasteiger partial charge in [-0.15, -0.1) is 0 Å². The van der Waals surface area contributed by atoms with Crippen LogP contribution in [-0.4, -0.2) is 43.9 Å². The zero-order valence-corrected chi connectivity index (χ0v) is 32.6. The Kier molecular flexibility index (Phi) is 30.8. The minimum Gasteiger partial charge on any atom is -0.748 e. The minimum absolute atomic E-state index is 0. The zero-order valence-electron chi connectivity index (χ0n) is 28.7. The Balaban J connectivity index is 0.0000194. The van der Waals surface area contributed by atoms with Crippen LogP contribution in [0.3, 0.4) is 0 Å². The summed E-state index contributed by atoms with van der Waals surface area (Å²) in [5.74, 6) is -1.72. The molecule has 0 unspecified atom stereocenters. The summed E-state index contributed by atoms with van der Waals surface area (Å²) in [6, 6.07) is 6.32. The van der Waals surface area contributed by atoms with Crippen molar-refractivity contribution in [1.82, 2.24) is 0 Å². The maximum absolute atomic E-state index is 12.5. The molecule has 0 spiro atoms. The van der Waals surface area contributed by atoms with Gasteiger partial charge in [0.05, 0.1) is 34.5 Å². The number of hydrogen-bond acceptors (Lipinski definition) is 7. The fraction of sp³-hybridized carbons (Fsp3) is 0.778. The second kappa shape index (κ2) is 31.0. The summed E-state index contributed by atoms with van der Waals surface area (Å²) in [7, 11) is -4.28. The minimum atomic E-state index is -4.28. The molecule has 0 fully saturated rings. The molecular weight excluding hydrogens is 616 g/mol. The van der Waals surface area contributed by atoms with Crippen LogP contribution in [-0.2, 0) is 19.6 Å². The monoisotopic (exact) mass is 676 g/mol. The van der Waals surface area contributed by atoms with E-state index in [1.54, 1.807) is 12.1 Å². The SMILES string of the molecule is CCCCCCCCCCCCCCCCCCCCCCCCOC(=O)c1ccccc1C(=O)OCCCCS(=O)(=O)[O-].[K+]. The molecule has 45 heavy (non-hydrogen) atoms. The van der Waals surface area contributed by atoms with E-state index in [9.17, 15) is 22.6 Å². The number of hydrogen-bond donors (Lipinski definition) is 0. The summed E-state index contributed by atoms with van der Waals surface area (Å²) in [5.41, 5.74) is 0.265. The molecule has 1 aromatic carbocycles. The van der Waals surface area contributed by atoms with Gasteiger partial charge in [0.15, 0.2) is 0 Å². The van der Waals surface area contributed by atoms with E-state index in [4.69, 9.17) is 9.47 Å². The summed E-state index contributed by atoms with van der Waals surface area (Å²) in [6.45, 7) is 2.56. The van der Waals surface area contributed by atoms with Crippen LogP contribution in [0.4, 0.5) is 0 Å². The quantitative estimate of drug-likeness (QED) is 0.0376. The van der Waals surface area contributed by atoms with Crippen LogP contribution in [0.15, 0.2) is 24.3 Å². The van der Waals surface area contributed by atoms with Crippen molar-refractivity contribution in [3.05, 3.63) is 35.4 Å². The summed E-state index contributed by atoms with van der Waals surface area (Å²) >= 11 is 0. The fourth-order valence-corrected chi connectivity index (χ4v) is 5.97. The van der Waals surface area contributed by atoms with E-state index >= 15 is 0 Å². The van der Waals surface area contributed by atoms with Gasteiger partial charge in [-0.3, -0.25) is 0 Å². The third kappa shape index (κ3) is 27.4. The maximum atomic E-state index is 12.5. The molecule has 0 amide bonds. The van der Waals surface area contributed by atoms with Crippen molar-refractivity contribution in [3.8, 4) is 0 Å². The normalized spacial score (nSPS) is 11.2. The molecule has 0 aliphatic carbocycles. The number of carbonyl (C=O) groups excluding carboxylic acids is 2. The van der Waals surface area contributed by atoms with Crippen molar-refractivity contribution in [2.75, 3.05) is 19.0 Å². The van der Waals surface area contributed by atoms with Crippen molar-refractivity contribution in [1.29, 1.82) is 0 Å². The molecule has 0 atom stereocenters. The Bertz CT molecular complexity index is 968. The maximum Gasteiger partial charge on any atom is 1.00 e. The second-order valence-electron chi connectivity index (χ2n) is 12.2. The third-order valence-corrected chi connectivity index (χ3v) is 8.91. The largest absolute Gasteiger partial charge is 1.00 e. The van der Waals surface area contributed by atoms with Crippen LogP contribution >= 0.6 is 0 Å². The Morgan fingerprint density at radius 3 is 1.13 bits per heavy atom. The molecule has 0 radical (unpaired) electrons. The topological polar surface area (TPSA) is 110 Å². The number of unbranched alkanes of at least 4 members (excludes halogenated alkanes) is 22. The summed E-state index contributed by atoms with van der Waals surface area (Å²) in [4.78, 5) is 24.9. The summed E-state index contributed by atoms with van der Waals surface area (Å²) < 4.78 is 42.5. The van der Waals surface area contributed by atoms with Gasteiger partial charge in [0.1, 0.15) is 0 Å². The number of ether oxygens (including phenoxy) is 2. The van der Waals surface area contributed by atoms with E-state index in [0.29, 0.717) is 6.61 Å². The predicted octanol–water partition coefficient (Wildman–Crippen LogP) is 6.93. The Morgan fingerprint density at radius 2 is 0.822 bits per heavy atom. The second-order valence-corrected chi connectivity index (χ2v) is 13.7. The van der Waals surface area contributed by atoms with Gasteiger partial charge in [-0.2, -0.15) is 0 Å². The first-order valence-corrected chi connectivity index (χ1v) is 19.3. The molecule has 1 rings (SSSR count). The summed E-state index contributed by atoms with van der Waals surface area (Å²) in [6.07, 6.45) is 29.5. The Morgan fingerprint density at radius 1 is 0.533 bits per heavy atom. The first-order chi connectivity index (χ1) is 21.3. The number of rotatable bonds is 30. The van der Waals surface area contributed by atoms with Crippen LogP contribution in [0.5, 0.6) is 0 Å². The van der Waals surface area contributed by atoms with E-state index in [1.165, 1.54) is 134 Å². The molecule has 0 aliphatic rings. The molecule has 254 valence electrons.